The molecule has 2 heteroatoms. The lowest BCUT2D eigenvalue weighted by molar-refractivity contribution is 0.361. The molecule has 0 spiro atoms. The van der Waals surface area contributed by atoms with Gasteiger partial charge in [-0.15, -0.1) is 0 Å². The third kappa shape index (κ3) is 1.79. The molecular weight excluding hydrogens is 148 g/mol. The number of likely N-dealkylation sites (tertiary alicyclic amines) is 1. The second-order valence-corrected chi connectivity index (χ2v) is 4.78. The topological polar surface area (TPSA) is 27.1 Å². The summed E-state index contributed by atoms with van der Waals surface area (Å²) >= 11 is 0. The lowest BCUT2D eigenvalue weighted by atomic mass is 9.94. The molecule has 1 heterocycles. The Balaban J connectivity index is 2.64. The van der Waals surface area contributed by atoms with Crippen LogP contribution in [0.4, 0.5) is 0 Å². The van der Waals surface area contributed by atoms with Gasteiger partial charge < -0.3 is 4.90 Å². The normalized spacial score (nSPS) is 24.7. The fourth-order valence-electron chi connectivity index (χ4n) is 1.70. The van der Waals surface area contributed by atoms with Gasteiger partial charge >= 0.3 is 0 Å². The molecule has 1 fully saturated rings. The first kappa shape index (κ1) is 9.56. The largest absolute Gasteiger partial charge is 0.357 e. The highest BCUT2D eigenvalue weighted by Gasteiger charge is 2.29. The maximum absolute atomic E-state index is 7.99. The molecule has 1 rings (SSSR count). The fourth-order valence-corrected chi connectivity index (χ4v) is 1.70. The van der Waals surface area contributed by atoms with Crippen molar-refractivity contribution in [1.82, 2.24) is 4.90 Å². The van der Waals surface area contributed by atoms with Crippen molar-refractivity contribution in [2.24, 2.45) is 5.41 Å². The summed E-state index contributed by atoms with van der Waals surface area (Å²) in [6.07, 6.45) is 2.50. The maximum Gasteiger partial charge on any atom is 0.101 e. The van der Waals surface area contributed by atoms with E-state index < -0.39 is 0 Å². The molecule has 0 amide bonds. The predicted octanol–water partition coefficient (Wildman–Crippen LogP) is 2.49. The molecule has 0 aromatic carbocycles. The fraction of sp³-hybridized carbons (Fsp3) is 0.900. The van der Waals surface area contributed by atoms with Crippen molar-refractivity contribution in [3.05, 3.63) is 0 Å². The van der Waals surface area contributed by atoms with Crippen LogP contribution in [-0.2, 0) is 0 Å². The molecule has 1 aliphatic heterocycles. The first-order chi connectivity index (χ1) is 5.43. The van der Waals surface area contributed by atoms with Crippen molar-refractivity contribution in [3.8, 4) is 0 Å². The zero-order valence-corrected chi connectivity index (χ0v) is 8.65. The minimum absolute atomic E-state index is 0.0125. The van der Waals surface area contributed by atoms with Crippen LogP contribution in [0.3, 0.4) is 0 Å². The van der Waals surface area contributed by atoms with Gasteiger partial charge in [0.1, 0.15) is 5.84 Å². The predicted molar refractivity (Wildman–Crippen MR) is 52.6 cm³/mol. The first-order valence-electron chi connectivity index (χ1n) is 4.78. The van der Waals surface area contributed by atoms with E-state index in [1.165, 1.54) is 12.8 Å². The number of nitrogens with one attached hydrogen (secondary N) is 1. The lowest BCUT2D eigenvalue weighted by Crippen LogP contribution is -2.40. The van der Waals surface area contributed by atoms with Crippen LogP contribution >= 0.6 is 0 Å². The van der Waals surface area contributed by atoms with E-state index in [9.17, 15) is 0 Å². The molecule has 0 aromatic heterocycles. The monoisotopic (exact) mass is 168 g/mol. The Morgan fingerprint density at radius 1 is 1.42 bits per heavy atom. The highest BCUT2D eigenvalue weighted by molar-refractivity contribution is 5.84. The van der Waals surface area contributed by atoms with Crippen LogP contribution in [0.5, 0.6) is 0 Å². The Bertz CT molecular complexity index is 179. The van der Waals surface area contributed by atoms with Crippen molar-refractivity contribution >= 4 is 5.84 Å². The van der Waals surface area contributed by atoms with Gasteiger partial charge in [-0.3, -0.25) is 5.41 Å². The molecule has 0 bridgehead atoms. The summed E-state index contributed by atoms with van der Waals surface area (Å²) in [5, 5.41) is 7.99. The summed E-state index contributed by atoms with van der Waals surface area (Å²) in [5.41, 5.74) is 0.0125. The Morgan fingerprint density at radius 3 is 2.33 bits per heavy atom. The average molecular weight is 168 g/mol. The molecule has 1 unspecified atom stereocenters. The van der Waals surface area contributed by atoms with Crippen molar-refractivity contribution < 1.29 is 0 Å². The van der Waals surface area contributed by atoms with Crippen molar-refractivity contribution in [2.45, 2.75) is 46.6 Å². The van der Waals surface area contributed by atoms with Crippen molar-refractivity contribution in [1.29, 1.82) is 5.41 Å². The minimum Gasteiger partial charge on any atom is -0.357 e. The van der Waals surface area contributed by atoms with Crippen LogP contribution in [0, 0.1) is 10.8 Å². The van der Waals surface area contributed by atoms with Crippen LogP contribution in [0.15, 0.2) is 0 Å². The van der Waals surface area contributed by atoms with E-state index in [0.717, 1.165) is 12.4 Å². The summed E-state index contributed by atoms with van der Waals surface area (Å²) in [7, 11) is 0. The zero-order chi connectivity index (χ0) is 9.35. The highest BCUT2D eigenvalue weighted by Crippen LogP contribution is 2.24. The Hall–Kier alpha value is -0.530. The van der Waals surface area contributed by atoms with Gasteiger partial charge in [-0.05, 0) is 19.8 Å². The smallest absolute Gasteiger partial charge is 0.101 e. The third-order valence-electron chi connectivity index (χ3n) is 2.55. The van der Waals surface area contributed by atoms with Crippen LogP contribution < -0.4 is 0 Å². The third-order valence-corrected chi connectivity index (χ3v) is 2.55. The maximum atomic E-state index is 7.99. The van der Waals surface area contributed by atoms with Gasteiger partial charge in [0.2, 0.25) is 0 Å². The number of hydrogen-bond acceptors (Lipinski definition) is 1. The molecule has 1 saturated heterocycles. The lowest BCUT2D eigenvalue weighted by Gasteiger charge is -2.32. The van der Waals surface area contributed by atoms with Crippen LogP contribution in [0.25, 0.3) is 0 Å². The molecule has 0 aliphatic carbocycles. The van der Waals surface area contributed by atoms with Gasteiger partial charge in [-0.1, -0.05) is 20.8 Å². The number of rotatable bonds is 0. The van der Waals surface area contributed by atoms with E-state index in [1.807, 2.05) is 0 Å². The second kappa shape index (κ2) is 3.08. The molecule has 70 valence electrons. The first-order valence-corrected chi connectivity index (χ1v) is 4.78. The molecular formula is C10H20N2. The van der Waals surface area contributed by atoms with Crippen LogP contribution in [0.2, 0.25) is 0 Å². The second-order valence-electron chi connectivity index (χ2n) is 4.78. The van der Waals surface area contributed by atoms with Gasteiger partial charge in [-0.25, -0.2) is 0 Å². The van der Waals surface area contributed by atoms with E-state index in [0.29, 0.717) is 6.04 Å². The van der Waals surface area contributed by atoms with E-state index in [2.05, 4.69) is 32.6 Å². The minimum atomic E-state index is 0.0125. The molecule has 1 atom stereocenters. The van der Waals surface area contributed by atoms with E-state index >= 15 is 0 Å². The number of amidine groups is 1. The van der Waals surface area contributed by atoms with E-state index in [1.54, 1.807) is 0 Å². The Kier molecular flexibility index (Phi) is 2.45. The quantitative estimate of drug-likeness (QED) is 0.436. The number of hydrogen-bond donors (Lipinski definition) is 1. The van der Waals surface area contributed by atoms with Crippen molar-refractivity contribution in [3.63, 3.8) is 0 Å². The van der Waals surface area contributed by atoms with Gasteiger partial charge in [0.25, 0.3) is 0 Å². The summed E-state index contributed by atoms with van der Waals surface area (Å²) in [6.45, 7) is 9.63. The van der Waals surface area contributed by atoms with E-state index in [4.69, 9.17) is 5.41 Å². The van der Waals surface area contributed by atoms with Gasteiger partial charge in [0.15, 0.2) is 0 Å². The standard InChI is InChI=1S/C10H20N2/c1-8-6-5-7-12(8)9(11)10(2,3)4/h8,11H,5-7H2,1-4H3. The number of nitrogens with zero attached hydrogens (tertiary/aromatic N) is 1. The average Bonchev–Trinajstić information content (AvgIpc) is 2.31. The van der Waals surface area contributed by atoms with Gasteiger partial charge in [0.05, 0.1) is 0 Å². The summed E-state index contributed by atoms with van der Waals surface area (Å²) in [4.78, 5) is 2.24. The Labute approximate surface area is 75.5 Å². The summed E-state index contributed by atoms with van der Waals surface area (Å²) in [6, 6.07) is 0.580. The van der Waals surface area contributed by atoms with Crippen LogP contribution in [-0.4, -0.2) is 23.3 Å². The van der Waals surface area contributed by atoms with Crippen LogP contribution in [0.1, 0.15) is 40.5 Å². The molecule has 2 nitrogen and oxygen atoms in total. The van der Waals surface area contributed by atoms with E-state index in [-0.39, 0.29) is 5.41 Å². The molecule has 0 radical (unpaired) electrons. The molecule has 1 N–H and O–H groups in total. The molecule has 0 aromatic rings. The molecule has 0 saturated carbocycles. The van der Waals surface area contributed by atoms with Gasteiger partial charge in [-0.2, -0.15) is 0 Å². The Morgan fingerprint density at radius 2 is 2.00 bits per heavy atom. The zero-order valence-electron chi connectivity index (χ0n) is 8.65. The summed E-state index contributed by atoms with van der Waals surface area (Å²) in [5.74, 6) is 0.799. The summed E-state index contributed by atoms with van der Waals surface area (Å²) < 4.78 is 0. The molecule has 12 heavy (non-hydrogen) atoms. The SMILES string of the molecule is CC1CCCN1C(=N)C(C)(C)C. The highest BCUT2D eigenvalue weighted by atomic mass is 15.2. The van der Waals surface area contributed by atoms with Gasteiger partial charge in [0, 0.05) is 18.0 Å². The molecule has 1 aliphatic rings. The van der Waals surface area contributed by atoms with Crippen molar-refractivity contribution in [2.75, 3.05) is 6.54 Å².